The van der Waals surface area contributed by atoms with E-state index in [1.165, 1.54) is 0 Å². The van der Waals surface area contributed by atoms with E-state index in [-0.39, 0.29) is 12.5 Å². The van der Waals surface area contributed by atoms with E-state index in [1.54, 1.807) is 11.9 Å². The van der Waals surface area contributed by atoms with Gasteiger partial charge >= 0.3 is 5.97 Å². The van der Waals surface area contributed by atoms with Gasteiger partial charge in [-0.15, -0.1) is 0 Å². The average molecular weight is 401 g/mol. The SMILES string of the molecule is Cc1ccccc1CN(C)C(=O)COC(=O)C1c2ccccc2Oc2ccccc21. The molecule has 0 fully saturated rings. The van der Waals surface area contributed by atoms with Crippen molar-refractivity contribution >= 4 is 11.9 Å². The van der Waals surface area contributed by atoms with Crippen molar-refractivity contribution in [3.8, 4) is 11.5 Å². The van der Waals surface area contributed by atoms with E-state index in [0.29, 0.717) is 18.0 Å². The van der Waals surface area contributed by atoms with Crippen molar-refractivity contribution in [2.75, 3.05) is 13.7 Å². The molecular formula is C25H23NO4. The monoisotopic (exact) mass is 401 g/mol. The largest absolute Gasteiger partial charge is 0.457 e. The molecule has 0 unspecified atom stereocenters. The van der Waals surface area contributed by atoms with E-state index in [0.717, 1.165) is 22.3 Å². The molecule has 5 heteroatoms. The summed E-state index contributed by atoms with van der Waals surface area (Å²) in [6.07, 6.45) is 0. The van der Waals surface area contributed by atoms with E-state index < -0.39 is 11.9 Å². The molecule has 1 heterocycles. The quantitative estimate of drug-likeness (QED) is 0.594. The summed E-state index contributed by atoms with van der Waals surface area (Å²) in [7, 11) is 1.71. The zero-order valence-corrected chi connectivity index (χ0v) is 17.0. The first kappa shape index (κ1) is 19.7. The topological polar surface area (TPSA) is 55.8 Å². The Labute approximate surface area is 175 Å². The minimum atomic E-state index is -0.624. The van der Waals surface area contributed by atoms with Gasteiger partial charge in [0.2, 0.25) is 0 Å². The summed E-state index contributed by atoms with van der Waals surface area (Å²) < 4.78 is 11.4. The molecule has 3 aromatic rings. The summed E-state index contributed by atoms with van der Waals surface area (Å²) >= 11 is 0. The smallest absolute Gasteiger partial charge is 0.318 e. The number of carbonyl (C=O) groups excluding carboxylic acids is 2. The lowest BCUT2D eigenvalue weighted by atomic mass is 9.88. The van der Waals surface area contributed by atoms with E-state index in [2.05, 4.69) is 0 Å². The Balaban J connectivity index is 1.47. The number of para-hydroxylation sites is 2. The molecule has 0 atom stereocenters. The highest BCUT2D eigenvalue weighted by Crippen LogP contribution is 2.44. The number of likely N-dealkylation sites (N-methyl/N-ethyl adjacent to an activating group) is 1. The Morgan fingerprint density at radius 1 is 0.900 bits per heavy atom. The molecule has 0 radical (unpaired) electrons. The first-order valence-corrected chi connectivity index (χ1v) is 9.85. The first-order chi connectivity index (χ1) is 14.5. The van der Waals surface area contributed by atoms with Crippen LogP contribution in [0.15, 0.2) is 72.8 Å². The van der Waals surface area contributed by atoms with Crippen LogP contribution in [0.3, 0.4) is 0 Å². The van der Waals surface area contributed by atoms with Crippen molar-refractivity contribution in [1.82, 2.24) is 4.90 Å². The van der Waals surface area contributed by atoms with Crippen LogP contribution in [-0.2, 0) is 20.9 Å². The fourth-order valence-electron chi connectivity index (χ4n) is 3.62. The number of benzene rings is 3. The maximum Gasteiger partial charge on any atom is 0.318 e. The van der Waals surface area contributed by atoms with Crippen LogP contribution in [0.4, 0.5) is 0 Å². The Kier molecular flexibility index (Phi) is 5.53. The molecule has 5 nitrogen and oxygen atoms in total. The highest BCUT2D eigenvalue weighted by Gasteiger charge is 2.34. The molecule has 3 aromatic carbocycles. The van der Waals surface area contributed by atoms with Crippen molar-refractivity contribution in [2.24, 2.45) is 0 Å². The van der Waals surface area contributed by atoms with Crippen molar-refractivity contribution in [1.29, 1.82) is 0 Å². The molecule has 0 N–H and O–H groups in total. The second-order valence-corrected chi connectivity index (χ2v) is 7.39. The average Bonchev–Trinajstić information content (AvgIpc) is 2.77. The van der Waals surface area contributed by atoms with Crippen LogP contribution in [0.2, 0.25) is 0 Å². The van der Waals surface area contributed by atoms with Crippen LogP contribution >= 0.6 is 0 Å². The second kappa shape index (κ2) is 8.41. The molecule has 0 aromatic heterocycles. The highest BCUT2D eigenvalue weighted by molar-refractivity contribution is 5.87. The van der Waals surface area contributed by atoms with Gasteiger partial charge in [-0.3, -0.25) is 9.59 Å². The molecule has 1 aliphatic rings. The summed E-state index contributed by atoms with van der Waals surface area (Å²) in [5.41, 5.74) is 3.65. The molecule has 0 aliphatic carbocycles. The lowest BCUT2D eigenvalue weighted by molar-refractivity contribution is -0.152. The Morgan fingerprint density at radius 3 is 2.10 bits per heavy atom. The number of fused-ring (bicyclic) bond motifs is 2. The van der Waals surface area contributed by atoms with Gasteiger partial charge in [-0.1, -0.05) is 60.7 Å². The lowest BCUT2D eigenvalue weighted by Crippen LogP contribution is -2.32. The fourth-order valence-corrected chi connectivity index (χ4v) is 3.62. The Bertz CT molecular complexity index is 1050. The summed E-state index contributed by atoms with van der Waals surface area (Å²) in [6.45, 7) is 2.17. The molecule has 0 saturated carbocycles. The van der Waals surface area contributed by atoms with Crippen molar-refractivity contribution < 1.29 is 19.1 Å². The van der Waals surface area contributed by atoms with Crippen molar-refractivity contribution in [3.05, 3.63) is 95.1 Å². The Hall–Kier alpha value is -3.60. The summed E-state index contributed by atoms with van der Waals surface area (Å²) in [5, 5.41) is 0. The normalized spacial score (nSPS) is 12.3. The first-order valence-electron chi connectivity index (χ1n) is 9.85. The van der Waals surface area contributed by atoms with Gasteiger partial charge in [0.05, 0.1) is 0 Å². The predicted molar refractivity (Wildman–Crippen MR) is 113 cm³/mol. The number of hydrogen-bond acceptors (Lipinski definition) is 4. The minimum absolute atomic E-state index is 0.250. The number of ether oxygens (including phenoxy) is 2. The van der Waals surface area contributed by atoms with Crippen LogP contribution in [-0.4, -0.2) is 30.4 Å². The van der Waals surface area contributed by atoms with Crippen LogP contribution < -0.4 is 4.74 Å². The molecule has 30 heavy (non-hydrogen) atoms. The maximum absolute atomic E-state index is 13.0. The van der Waals surface area contributed by atoms with Gasteiger partial charge in [-0.25, -0.2) is 0 Å². The molecule has 0 bridgehead atoms. The summed E-state index contributed by atoms with van der Waals surface area (Å²) in [5.74, 6) is -0.0843. The molecular weight excluding hydrogens is 378 g/mol. The molecule has 1 amide bonds. The molecule has 0 saturated heterocycles. The van der Waals surface area contributed by atoms with Crippen LogP contribution in [0.1, 0.15) is 28.2 Å². The number of amides is 1. The van der Waals surface area contributed by atoms with Gasteiger partial charge in [0.15, 0.2) is 6.61 Å². The van der Waals surface area contributed by atoms with Gasteiger partial charge < -0.3 is 14.4 Å². The van der Waals surface area contributed by atoms with E-state index in [1.807, 2.05) is 79.7 Å². The summed E-state index contributed by atoms with van der Waals surface area (Å²) in [4.78, 5) is 27.1. The van der Waals surface area contributed by atoms with Gasteiger partial charge in [0, 0.05) is 24.7 Å². The maximum atomic E-state index is 13.0. The zero-order chi connectivity index (χ0) is 21.1. The van der Waals surface area contributed by atoms with E-state index >= 15 is 0 Å². The fraction of sp³-hybridized carbons (Fsp3) is 0.200. The van der Waals surface area contributed by atoms with Gasteiger partial charge in [-0.2, -0.15) is 0 Å². The van der Waals surface area contributed by atoms with E-state index in [4.69, 9.17) is 9.47 Å². The third-order valence-electron chi connectivity index (χ3n) is 5.35. The number of aryl methyl sites for hydroxylation is 1. The third kappa shape index (κ3) is 3.92. The third-order valence-corrected chi connectivity index (χ3v) is 5.35. The number of nitrogens with zero attached hydrogens (tertiary/aromatic N) is 1. The highest BCUT2D eigenvalue weighted by atomic mass is 16.5. The number of hydrogen-bond donors (Lipinski definition) is 0. The van der Waals surface area contributed by atoms with Gasteiger partial charge in [0.25, 0.3) is 5.91 Å². The molecule has 152 valence electrons. The van der Waals surface area contributed by atoms with Gasteiger partial charge in [0.1, 0.15) is 17.4 Å². The van der Waals surface area contributed by atoms with Gasteiger partial charge in [-0.05, 0) is 30.2 Å². The molecule has 4 rings (SSSR count). The second-order valence-electron chi connectivity index (χ2n) is 7.39. The van der Waals surface area contributed by atoms with Crippen LogP contribution in [0, 0.1) is 6.92 Å². The number of carbonyl (C=O) groups is 2. The lowest BCUT2D eigenvalue weighted by Gasteiger charge is -2.27. The number of esters is 1. The van der Waals surface area contributed by atoms with Crippen LogP contribution in [0.5, 0.6) is 11.5 Å². The Morgan fingerprint density at radius 2 is 1.47 bits per heavy atom. The minimum Gasteiger partial charge on any atom is -0.457 e. The molecule has 0 spiro atoms. The molecule has 1 aliphatic heterocycles. The van der Waals surface area contributed by atoms with Crippen molar-refractivity contribution in [2.45, 2.75) is 19.4 Å². The number of rotatable bonds is 5. The predicted octanol–water partition coefficient (Wildman–Crippen LogP) is 4.43. The summed E-state index contributed by atoms with van der Waals surface area (Å²) in [6, 6.07) is 22.7. The zero-order valence-electron chi connectivity index (χ0n) is 17.0. The van der Waals surface area contributed by atoms with E-state index in [9.17, 15) is 9.59 Å². The van der Waals surface area contributed by atoms with Crippen LogP contribution in [0.25, 0.3) is 0 Å². The standard InChI is InChI=1S/C25H23NO4/c1-17-9-3-4-10-18(17)15-26(2)23(27)16-29-25(28)24-19-11-5-7-13-21(19)30-22-14-8-6-12-20(22)24/h3-14,24H,15-16H2,1-2H3. The van der Waals surface area contributed by atoms with Crippen molar-refractivity contribution in [3.63, 3.8) is 0 Å².